The van der Waals surface area contributed by atoms with Gasteiger partial charge in [0.25, 0.3) is 0 Å². The fraction of sp³-hybridized carbons (Fsp3) is 0.467. The highest BCUT2D eigenvalue weighted by atomic mass is 127. The van der Waals surface area contributed by atoms with E-state index in [4.69, 9.17) is 4.74 Å². The summed E-state index contributed by atoms with van der Waals surface area (Å²) >= 11 is 0. The van der Waals surface area contributed by atoms with Crippen molar-refractivity contribution in [3.05, 3.63) is 29.8 Å². The number of nitrogens with one attached hydrogen (secondary N) is 2. The van der Waals surface area contributed by atoms with Gasteiger partial charge in [0.1, 0.15) is 5.75 Å². The molecule has 0 bridgehead atoms. The highest BCUT2D eigenvalue weighted by Crippen LogP contribution is 2.11. The number of amides is 1. The molecule has 0 aliphatic rings. The molecule has 1 aromatic carbocycles. The van der Waals surface area contributed by atoms with Gasteiger partial charge in [0.15, 0.2) is 5.96 Å². The summed E-state index contributed by atoms with van der Waals surface area (Å²) in [5.41, 5.74) is 1.10. The lowest BCUT2D eigenvalue weighted by Gasteiger charge is -2.14. The van der Waals surface area contributed by atoms with Gasteiger partial charge in [0.2, 0.25) is 5.91 Å². The van der Waals surface area contributed by atoms with E-state index in [2.05, 4.69) is 15.6 Å². The first-order chi connectivity index (χ1) is 10.1. The number of nitrogens with zero attached hydrogens (tertiary/aromatic N) is 2. The van der Waals surface area contributed by atoms with Crippen molar-refractivity contribution in [3.8, 4) is 5.75 Å². The first kappa shape index (κ1) is 20.5. The zero-order chi connectivity index (χ0) is 15.7. The lowest BCUT2D eigenvalue weighted by molar-refractivity contribution is -0.128. The number of halogens is 1. The van der Waals surface area contributed by atoms with Crippen LogP contribution in [0.2, 0.25) is 0 Å². The quantitative estimate of drug-likeness (QED) is 0.416. The van der Waals surface area contributed by atoms with E-state index in [0.717, 1.165) is 11.3 Å². The third-order valence-corrected chi connectivity index (χ3v) is 2.95. The molecule has 0 saturated heterocycles. The molecule has 7 heteroatoms. The Morgan fingerprint density at radius 3 is 2.64 bits per heavy atom. The molecule has 1 rings (SSSR count). The highest BCUT2D eigenvalue weighted by molar-refractivity contribution is 14.0. The Kier molecular flexibility index (Phi) is 10.3. The van der Waals surface area contributed by atoms with Crippen molar-refractivity contribution < 1.29 is 9.53 Å². The Bertz CT molecular complexity index is 492. The van der Waals surface area contributed by atoms with Crippen molar-refractivity contribution in [1.82, 2.24) is 15.5 Å². The van der Waals surface area contributed by atoms with E-state index in [0.29, 0.717) is 25.5 Å². The molecule has 0 atom stereocenters. The third kappa shape index (κ3) is 7.48. The molecule has 0 spiro atoms. The predicted molar refractivity (Wildman–Crippen MR) is 99.9 cm³/mol. The number of rotatable bonds is 6. The van der Waals surface area contributed by atoms with Crippen molar-refractivity contribution >= 4 is 35.8 Å². The van der Waals surface area contributed by atoms with E-state index >= 15 is 0 Å². The molecule has 22 heavy (non-hydrogen) atoms. The van der Waals surface area contributed by atoms with Gasteiger partial charge in [-0.25, -0.2) is 0 Å². The SMILES string of the molecule is CN=C(NCCC(=O)N(C)C)NCc1cccc(OC)c1.I. The molecule has 0 aromatic heterocycles. The maximum atomic E-state index is 11.5. The summed E-state index contributed by atoms with van der Waals surface area (Å²) in [4.78, 5) is 17.2. The molecule has 0 aliphatic heterocycles. The Morgan fingerprint density at radius 1 is 1.32 bits per heavy atom. The summed E-state index contributed by atoms with van der Waals surface area (Å²) in [6.45, 7) is 1.19. The van der Waals surface area contributed by atoms with Gasteiger partial charge in [-0.05, 0) is 17.7 Å². The summed E-state index contributed by atoms with van der Waals surface area (Å²) < 4.78 is 5.19. The van der Waals surface area contributed by atoms with Crippen LogP contribution in [0.15, 0.2) is 29.3 Å². The first-order valence-electron chi connectivity index (χ1n) is 6.84. The lowest BCUT2D eigenvalue weighted by Crippen LogP contribution is -2.38. The van der Waals surface area contributed by atoms with Gasteiger partial charge in [-0.15, -0.1) is 24.0 Å². The molecule has 1 aromatic rings. The van der Waals surface area contributed by atoms with E-state index in [1.807, 2.05) is 24.3 Å². The molecule has 0 saturated carbocycles. The molecule has 1 amide bonds. The number of ether oxygens (including phenoxy) is 1. The second kappa shape index (κ2) is 11.1. The van der Waals surface area contributed by atoms with E-state index < -0.39 is 0 Å². The van der Waals surface area contributed by atoms with E-state index in [1.54, 1.807) is 33.2 Å². The van der Waals surface area contributed by atoms with Crippen LogP contribution in [0.4, 0.5) is 0 Å². The Hall–Kier alpha value is -1.51. The van der Waals surface area contributed by atoms with Crippen LogP contribution < -0.4 is 15.4 Å². The lowest BCUT2D eigenvalue weighted by atomic mass is 10.2. The van der Waals surface area contributed by atoms with Crippen molar-refractivity contribution in [3.63, 3.8) is 0 Å². The molecule has 6 nitrogen and oxygen atoms in total. The molecule has 0 radical (unpaired) electrons. The fourth-order valence-electron chi connectivity index (χ4n) is 1.70. The monoisotopic (exact) mass is 420 g/mol. The van der Waals surface area contributed by atoms with Crippen molar-refractivity contribution in [2.45, 2.75) is 13.0 Å². The minimum absolute atomic E-state index is 0. The van der Waals surface area contributed by atoms with Crippen LogP contribution in [0.1, 0.15) is 12.0 Å². The van der Waals surface area contributed by atoms with E-state index in [1.165, 1.54) is 0 Å². The van der Waals surface area contributed by atoms with Gasteiger partial charge in [-0.2, -0.15) is 0 Å². The fourth-order valence-corrected chi connectivity index (χ4v) is 1.70. The van der Waals surface area contributed by atoms with Crippen molar-refractivity contribution in [2.24, 2.45) is 4.99 Å². The van der Waals surface area contributed by atoms with Crippen molar-refractivity contribution in [2.75, 3.05) is 34.8 Å². The summed E-state index contributed by atoms with van der Waals surface area (Å²) in [6, 6.07) is 7.83. The molecular weight excluding hydrogens is 395 g/mol. The third-order valence-electron chi connectivity index (χ3n) is 2.95. The van der Waals surface area contributed by atoms with Crippen LogP contribution in [-0.4, -0.2) is 51.6 Å². The van der Waals surface area contributed by atoms with E-state index in [9.17, 15) is 4.79 Å². The molecule has 0 heterocycles. The van der Waals surface area contributed by atoms with Crippen LogP contribution >= 0.6 is 24.0 Å². The van der Waals surface area contributed by atoms with Gasteiger partial charge in [0.05, 0.1) is 7.11 Å². The molecule has 0 fully saturated rings. The van der Waals surface area contributed by atoms with Crippen LogP contribution in [0.5, 0.6) is 5.75 Å². The standard InChI is InChI=1S/C15H24N4O2.HI/c1-16-15(17-9-8-14(20)19(2)3)18-11-12-6-5-7-13(10-12)21-4;/h5-7,10H,8-9,11H2,1-4H3,(H2,16,17,18);1H. The molecule has 2 N–H and O–H groups in total. The van der Waals surface area contributed by atoms with Gasteiger partial charge in [-0.3, -0.25) is 9.79 Å². The average Bonchev–Trinajstić information content (AvgIpc) is 2.50. The minimum Gasteiger partial charge on any atom is -0.497 e. The number of carbonyl (C=O) groups excluding carboxylic acids is 1. The molecule has 0 aliphatic carbocycles. The molecular formula is C15H25IN4O2. The van der Waals surface area contributed by atoms with Crippen LogP contribution in [0.3, 0.4) is 0 Å². The number of benzene rings is 1. The van der Waals surface area contributed by atoms with Gasteiger partial charge in [-0.1, -0.05) is 12.1 Å². The number of carbonyl (C=O) groups is 1. The maximum absolute atomic E-state index is 11.5. The molecule has 0 unspecified atom stereocenters. The Balaban J connectivity index is 0.00000441. The maximum Gasteiger partial charge on any atom is 0.223 e. The number of methoxy groups -OCH3 is 1. The van der Waals surface area contributed by atoms with Gasteiger partial charge in [0, 0.05) is 40.7 Å². The van der Waals surface area contributed by atoms with E-state index in [-0.39, 0.29) is 29.9 Å². The van der Waals surface area contributed by atoms with Gasteiger partial charge >= 0.3 is 0 Å². The molecule has 124 valence electrons. The second-order valence-electron chi connectivity index (χ2n) is 4.74. The zero-order valence-corrected chi connectivity index (χ0v) is 15.9. The van der Waals surface area contributed by atoms with Crippen molar-refractivity contribution in [1.29, 1.82) is 0 Å². The minimum atomic E-state index is 0. The Labute approximate surface area is 149 Å². The normalized spacial score (nSPS) is 10.5. The smallest absolute Gasteiger partial charge is 0.223 e. The highest BCUT2D eigenvalue weighted by Gasteiger charge is 2.04. The Morgan fingerprint density at radius 2 is 2.05 bits per heavy atom. The summed E-state index contributed by atoms with van der Waals surface area (Å²) in [6.07, 6.45) is 0.437. The largest absolute Gasteiger partial charge is 0.497 e. The second-order valence-corrected chi connectivity index (χ2v) is 4.74. The predicted octanol–water partition coefficient (Wildman–Crippen LogP) is 1.46. The zero-order valence-electron chi connectivity index (χ0n) is 13.5. The van der Waals surface area contributed by atoms with Gasteiger partial charge < -0.3 is 20.3 Å². The summed E-state index contributed by atoms with van der Waals surface area (Å²) in [7, 11) is 6.85. The topological polar surface area (TPSA) is 66.0 Å². The van der Waals surface area contributed by atoms with Crippen LogP contribution in [0.25, 0.3) is 0 Å². The van der Waals surface area contributed by atoms with Crippen LogP contribution in [-0.2, 0) is 11.3 Å². The summed E-state index contributed by atoms with van der Waals surface area (Å²) in [5.74, 6) is 1.59. The number of hydrogen-bond donors (Lipinski definition) is 2. The number of guanidine groups is 1. The number of hydrogen-bond acceptors (Lipinski definition) is 3. The average molecular weight is 420 g/mol. The number of aliphatic imine (C=N–C) groups is 1. The first-order valence-corrected chi connectivity index (χ1v) is 6.84. The van der Waals surface area contributed by atoms with Crippen LogP contribution in [0, 0.1) is 0 Å². The summed E-state index contributed by atoms with van der Waals surface area (Å²) in [5, 5.41) is 6.31.